The van der Waals surface area contributed by atoms with E-state index in [0.29, 0.717) is 6.54 Å². The van der Waals surface area contributed by atoms with E-state index in [1.54, 1.807) is 0 Å². The number of hydrogen-bond donors (Lipinski definition) is 2. The topological polar surface area (TPSA) is 76.1 Å². The Bertz CT molecular complexity index is 717. The number of carbonyl (C=O) groups is 1. The monoisotopic (exact) mass is 543 g/mol. The van der Waals surface area contributed by atoms with E-state index in [9.17, 15) is 4.79 Å². The molecule has 0 aromatic carbocycles. The molecular weight excluding hydrogens is 505 g/mol. The van der Waals surface area contributed by atoms with Crippen LogP contribution < -0.4 is 15.5 Å². The number of aliphatic imine (C=N–C) groups is 1. The minimum Gasteiger partial charge on any atom is -0.357 e. The number of halogens is 1. The van der Waals surface area contributed by atoms with Gasteiger partial charge < -0.3 is 25.3 Å². The van der Waals surface area contributed by atoms with Crippen LogP contribution in [0.25, 0.3) is 0 Å². The van der Waals surface area contributed by atoms with Gasteiger partial charge in [0.15, 0.2) is 5.96 Å². The average Bonchev–Trinajstić information content (AvgIpc) is 3.21. The van der Waals surface area contributed by atoms with Gasteiger partial charge >= 0.3 is 0 Å². The second-order valence-corrected chi connectivity index (χ2v) is 8.58. The number of likely N-dealkylation sites (tertiary alicyclic amines) is 1. The van der Waals surface area contributed by atoms with Crippen molar-refractivity contribution in [3.8, 4) is 0 Å². The number of amides is 1. The van der Waals surface area contributed by atoms with Crippen LogP contribution in [0.3, 0.4) is 0 Å². The Morgan fingerprint density at radius 1 is 1.23 bits per heavy atom. The van der Waals surface area contributed by atoms with Crippen molar-refractivity contribution in [2.45, 2.75) is 39.8 Å². The molecule has 0 aliphatic carbocycles. The van der Waals surface area contributed by atoms with E-state index in [2.05, 4.69) is 51.5 Å². The number of likely N-dealkylation sites (N-methyl/N-ethyl adjacent to an activating group) is 1. The second kappa shape index (κ2) is 12.4. The molecule has 31 heavy (non-hydrogen) atoms. The summed E-state index contributed by atoms with van der Waals surface area (Å²) < 4.78 is 0. The van der Waals surface area contributed by atoms with Gasteiger partial charge in [-0.15, -0.1) is 24.0 Å². The minimum absolute atomic E-state index is 0. The molecule has 1 aromatic heterocycles. The lowest BCUT2D eigenvalue weighted by Gasteiger charge is -2.33. The fraction of sp³-hybridized carbons (Fsp3) is 0.682. The Balaban J connectivity index is 0.00000341. The summed E-state index contributed by atoms with van der Waals surface area (Å²) in [6.45, 7) is 13.1. The van der Waals surface area contributed by atoms with Crippen LogP contribution in [0.15, 0.2) is 23.3 Å². The number of hydrogen-bond acceptors (Lipinski definition) is 5. The molecule has 3 rings (SSSR count). The molecule has 0 saturated carbocycles. The summed E-state index contributed by atoms with van der Waals surface area (Å²) in [5.74, 6) is 2.12. The maximum Gasteiger partial charge on any atom is 0.225 e. The molecule has 8 nitrogen and oxygen atoms in total. The number of anilines is 1. The summed E-state index contributed by atoms with van der Waals surface area (Å²) in [6, 6.07) is 4.46. The van der Waals surface area contributed by atoms with Crippen molar-refractivity contribution >= 4 is 41.7 Å². The van der Waals surface area contributed by atoms with Crippen molar-refractivity contribution in [2.75, 3.05) is 57.8 Å². The van der Waals surface area contributed by atoms with Gasteiger partial charge in [0.1, 0.15) is 5.82 Å². The lowest BCUT2D eigenvalue weighted by Crippen LogP contribution is -2.45. The molecular formula is C22H38IN7O. The molecule has 174 valence electrons. The quantitative estimate of drug-likeness (QED) is 0.324. The van der Waals surface area contributed by atoms with Crippen molar-refractivity contribution in [2.24, 2.45) is 10.9 Å². The first-order chi connectivity index (χ1) is 14.5. The Labute approximate surface area is 203 Å². The first kappa shape index (κ1) is 25.6. The van der Waals surface area contributed by atoms with Gasteiger partial charge in [-0.3, -0.25) is 4.79 Å². The van der Waals surface area contributed by atoms with Crippen molar-refractivity contribution in [1.82, 2.24) is 25.4 Å². The van der Waals surface area contributed by atoms with Gasteiger partial charge in [0.05, 0.1) is 6.54 Å². The molecule has 2 N–H and O–H groups in total. The van der Waals surface area contributed by atoms with Gasteiger partial charge in [-0.2, -0.15) is 0 Å². The highest BCUT2D eigenvalue weighted by molar-refractivity contribution is 14.0. The highest BCUT2D eigenvalue weighted by Crippen LogP contribution is 2.15. The summed E-state index contributed by atoms with van der Waals surface area (Å²) in [4.78, 5) is 28.2. The van der Waals surface area contributed by atoms with Crippen LogP contribution in [0.1, 0.15) is 32.8 Å². The lowest BCUT2D eigenvalue weighted by atomic mass is 10.2. The number of pyridine rings is 1. The third kappa shape index (κ3) is 7.48. The number of nitrogens with zero attached hydrogens (tertiary/aromatic N) is 5. The number of aromatic nitrogens is 1. The third-order valence-corrected chi connectivity index (χ3v) is 5.74. The first-order valence-electron chi connectivity index (χ1n) is 11.2. The molecule has 2 fully saturated rings. The predicted molar refractivity (Wildman–Crippen MR) is 137 cm³/mol. The second-order valence-electron chi connectivity index (χ2n) is 8.58. The van der Waals surface area contributed by atoms with E-state index in [-0.39, 0.29) is 41.8 Å². The minimum atomic E-state index is 0. The van der Waals surface area contributed by atoms with Gasteiger partial charge in [0, 0.05) is 64.0 Å². The Hall–Kier alpha value is -1.62. The predicted octanol–water partition coefficient (Wildman–Crippen LogP) is 1.76. The van der Waals surface area contributed by atoms with Gasteiger partial charge in [0.2, 0.25) is 5.91 Å². The number of rotatable bonds is 6. The van der Waals surface area contributed by atoms with E-state index < -0.39 is 0 Å². The van der Waals surface area contributed by atoms with E-state index >= 15 is 0 Å². The van der Waals surface area contributed by atoms with Crippen molar-refractivity contribution in [3.63, 3.8) is 0 Å². The fourth-order valence-corrected chi connectivity index (χ4v) is 3.86. The van der Waals surface area contributed by atoms with E-state index in [1.165, 1.54) is 0 Å². The van der Waals surface area contributed by atoms with Crippen LogP contribution in [-0.2, 0) is 11.3 Å². The van der Waals surface area contributed by atoms with Crippen molar-refractivity contribution < 1.29 is 4.79 Å². The Kier molecular flexibility index (Phi) is 10.3. The molecule has 0 spiro atoms. The summed E-state index contributed by atoms with van der Waals surface area (Å²) >= 11 is 0. The smallest absolute Gasteiger partial charge is 0.225 e. The maximum absolute atomic E-state index is 12.2. The molecule has 2 aliphatic heterocycles. The van der Waals surface area contributed by atoms with Gasteiger partial charge in [-0.25, -0.2) is 9.98 Å². The van der Waals surface area contributed by atoms with Crippen LogP contribution in [0.4, 0.5) is 5.82 Å². The fourth-order valence-electron chi connectivity index (χ4n) is 3.86. The van der Waals surface area contributed by atoms with Gasteiger partial charge in [-0.1, -0.05) is 19.9 Å². The zero-order valence-electron chi connectivity index (χ0n) is 19.3. The number of piperazine rings is 1. The SMILES string of the molecule is CCNC(=NCc1ccc(N2CCN(C)CC2)nc1)NC1CCN(C(=O)C(C)C)C1.I. The van der Waals surface area contributed by atoms with Crippen LogP contribution in [-0.4, -0.2) is 85.6 Å². The molecule has 1 aromatic rings. The van der Waals surface area contributed by atoms with E-state index in [4.69, 9.17) is 4.99 Å². The summed E-state index contributed by atoms with van der Waals surface area (Å²) in [5, 5.41) is 6.81. The normalized spacial score (nSPS) is 20.0. The highest BCUT2D eigenvalue weighted by atomic mass is 127. The van der Waals surface area contributed by atoms with Crippen molar-refractivity contribution in [1.29, 1.82) is 0 Å². The van der Waals surface area contributed by atoms with Crippen molar-refractivity contribution in [3.05, 3.63) is 23.9 Å². The molecule has 1 unspecified atom stereocenters. The largest absolute Gasteiger partial charge is 0.357 e. The molecule has 9 heteroatoms. The summed E-state index contributed by atoms with van der Waals surface area (Å²) in [7, 11) is 2.16. The highest BCUT2D eigenvalue weighted by Gasteiger charge is 2.28. The van der Waals surface area contributed by atoms with Gasteiger partial charge in [-0.05, 0) is 32.0 Å². The van der Waals surface area contributed by atoms with Crippen LogP contribution in [0.5, 0.6) is 0 Å². The summed E-state index contributed by atoms with van der Waals surface area (Å²) in [5.41, 5.74) is 1.09. The zero-order valence-corrected chi connectivity index (χ0v) is 21.6. The molecule has 0 bridgehead atoms. The average molecular weight is 543 g/mol. The zero-order chi connectivity index (χ0) is 21.5. The van der Waals surface area contributed by atoms with Crippen LogP contribution in [0.2, 0.25) is 0 Å². The third-order valence-electron chi connectivity index (χ3n) is 5.74. The molecule has 2 aliphatic rings. The molecule has 0 radical (unpaired) electrons. The Morgan fingerprint density at radius 2 is 1.97 bits per heavy atom. The molecule has 2 saturated heterocycles. The first-order valence-corrected chi connectivity index (χ1v) is 11.2. The van der Waals surface area contributed by atoms with E-state index in [0.717, 1.165) is 69.6 Å². The van der Waals surface area contributed by atoms with E-state index in [1.807, 2.05) is 24.9 Å². The molecule has 3 heterocycles. The van der Waals surface area contributed by atoms with Crippen LogP contribution >= 0.6 is 24.0 Å². The van der Waals surface area contributed by atoms with Gasteiger partial charge in [0.25, 0.3) is 0 Å². The number of guanidine groups is 1. The maximum atomic E-state index is 12.2. The summed E-state index contributed by atoms with van der Waals surface area (Å²) in [6.07, 6.45) is 2.88. The Morgan fingerprint density at radius 3 is 2.58 bits per heavy atom. The lowest BCUT2D eigenvalue weighted by molar-refractivity contribution is -0.133. The standard InChI is InChI=1S/C22H37N7O.HI/c1-5-23-22(26-19-8-9-29(16-19)21(30)17(2)3)25-15-18-6-7-20(24-14-18)28-12-10-27(4)11-13-28;/h6-7,14,17,19H,5,8-13,15-16H2,1-4H3,(H2,23,25,26);1H. The van der Waals surface area contributed by atoms with Crippen LogP contribution in [0, 0.1) is 5.92 Å². The number of nitrogens with one attached hydrogen (secondary N) is 2. The molecule has 1 atom stereocenters. The molecule has 1 amide bonds. The number of carbonyl (C=O) groups excluding carboxylic acids is 1.